The van der Waals surface area contributed by atoms with Crippen LogP contribution in [0.15, 0.2) is 0 Å². The van der Waals surface area contributed by atoms with E-state index in [1.165, 1.54) is 0 Å². The van der Waals surface area contributed by atoms with E-state index in [0.29, 0.717) is 13.2 Å². The van der Waals surface area contributed by atoms with Crippen LogP contribution in [0.4, 0.5) is 0 Å². The fourth-order valence-corrected chi connectivity index (χ4v) is 4.09. The fourth-order valence-electron chi connectivity index (χ4n) is 2.76. The molecule has 4 nitrogen and oxygen atoms in total. The Balaban J connectivity index is 2.31. The molecule has 2 heterocycles. The number of carbonyl (C=O) groups excluding carboxylic acids is 2. The Kier molecular flexibility index (Phi) is 4.14. The van der Waals surface area contributed by atoms with Gasteiger partial charge in [0.15, 0.2) is 0 Å². The Hall–Kier alpha value is -0.710. The number of fused-ring (bicyclic) bond motifs is 3. The van der Waals surface area contributed by atoms with Crippen LogP contribution in [0.1, 0.15) is 27.7 Å². The molecule has 108 valence electrons. The number of thioether (sulfide) groups is 1. The van der Waals surface area contributed by atoms with Crippen LogP contribution in [0, 0.1) is 17.3 Å². The van der Waals surface area contributed by atoms with Crippen LogP contribution in [0.3, 0.4) is 0 Å². The van der Waals surface area contributed by atoms with Crippen molar-refractivity contribution in [3.63, 3.8) is 0 Å². The van der Waals surface area contributed by atoms with E-state index < -0.39 is 0 Å². The minimum atomic E-state index is -0.362. The normalized spacial score (nSPS) is 27.2. The summed E-state index contributed by atoms with van der Waals surface area (Å²) in [6, 6.07) is 0. The third-order valence-electron chi connectivity index (χ3n) is 4.27. The molecule has 2 aliphatic heterocycles. The van der Waals surface area contributed by atoms with Crippen molar-refractivity contribution in [1.82, 2.24) is 9.80 Å². The summed E-state index contributed by atoms with van der Waals surface area (Å²) in [7, 11) is 0. The molecule has 0 N–H and O–H groups in total. The Morgan fingerprint density at radius 1 is 1.42 bits per heavy atom. The molecular weight excluding hydrogens is 260 g/mol. The highest BCUT2D eigenvalue weighted by Gasteiger charge is 2.45. The first-order valence-corrected chi connectivity index (χ1v) is 8.15. The molecule has 0 aromatic heterocycles. The average Bonchev–Trinajstić information content (AvgIpc) is 2.45. The third kappa shape index (κ3) is 2.76. The van der Waals surface area contributed by atoms with Crippen molar-refractivity contribution < 1.29 is 9.59 Å². The average molecular weight is 284 g/mol. The summed E-state index contributed by atoms with van der Waals surface area (Å²) < 4.78 is 0. The molecule has 2 aliphatic rings. The molecule has 2 bridgehead atoms. The van der Waals surface area contributed by atoms with Crippen LogP contribution in [0.5, 0.6) is 0 Å². The second-order valence-electron chi connectivity index (χ2n) is 6.42. The van der Waals surface area contributed by atoms with Crippen LogP contribution >= 0.6 is 11.8 Å². The fraction of sp³-hybridized carbons (Fsp3) is 0.857. The maximum atomic E-state index is 12.6. The van der Waals surface area contributed by atoms with Gasteiger partial charge in [-0.2, -0.15) is 11.8 Å². The molecule has 0 aliphatic carbocycles. The lowest BCUT2D eigenvalue weighted by Crippen LogP contribution is -2.46. The van der Waals surface area contributed by atoms with Gasteiger partial charge in [0.1, 0.15) is 0 Å². The lowest BCUT2D eigenvalue weighted by molar-refractivity contribution is -0.143. The first-order chi connectivity index (χ1) is 8.84. The minimum Gasteiger partial charge on any atom is -0.324 e. The number of nitrogens with zero attached hydrogens (tertiary/aromatic N) is 2. The molecule has 0 saturated carbocycles. The minimum absolute atomic E-state index is 0.00720. The standard InChI is InChI=1S/C14H24N2O2S/c1-10(2)12(17)16-7-11-8-19-6-5-15(9-16)13(18)14(11,3)4/h10-11H,5-9H2,1-4H3. The lowest BCUT2D eigenvalue weighted by atomic mass is 9.78. The summed E-state index contributed by atoms with van der Waals surface area (Å²) in [6.07, 6.45) is 0. The van der Waals surface area contributed by atoms with E-state index in [1.807, 2.05) is 49.3 Å². The van der Waals surface area contributed by atoms with Crippen LogP contribution in [-0.2, 0) is 9.59 Å². The molecule has 0 aromatic carbocycles. The first-order valence-electron chi connectivity index (χ1n) is 7.00. The van der Waals surface area contributed by atoms with E-state index in [9.17, 15) is 9.59 Å². The zero-order valence-electron chi connectivity index (χ0n) is 12.3. The summed E-state index contributed by atoms with van der Waals surface area (Å²) in [5, 5.41) is 0. The van der Waals surface area contributed by atoms with Crippen molar-refractivity contribution in [3.8, 4) is 0 Å². The molecule has 5 heteroatoms. The second-order valence-corrected chi connectivity index (χ2v) is 7.57. The Labute approximate surface area is 119 Å². The smallest absolute Gasteiger partial charge is 0.230 e. The number of hydrogen-bond donors (Lipinski definition) is 0. The number of amides is 2. The Morgan fingerprint density at radius 3 is 2.74 bits per heavy atom. The van der Waals surface area contributed by atoms with Gasteiger partial charge in [-0.25, -0.2) is 0 Å². The van der Waals surface area contributed by atoms with Crippen LogP contribution in [0.25, 0.3) is 0 Å². The van der Waals surface area contributed by atoms with Gasteiger partial charge in [0.25, 0.3) is 0 Å². The third-order valence-corrected chi connectivity index (χ3v) is 5.38. The SMILES string of the molecule is CC(C)C(=O)N1CC2CSCCN(C1)C(=O)C2(C)C. The summed E-state index contributed by atoms with van der Waals surface area (Å²) in [5.41, 5.74) is -0.362. The van der Waals surface area contributed by atoms with Crippen molar-refractivity contribution in [1.29, 1.82) is 0 Å². The van der Waals surface area contributed by atoms with E-state index in [0.717, 1.165) is 18.1 Å². The molecule has 1 unspecified atom stereocenters. The predicted octanol–water partition coefficient (Wildman–Crippen LogP) is 1.66. The summed E-state index contributed by atoms with van der Waals surface area (Å²) in [5.74, 6) is 2.55. The maximum absolute atomic E-state index is 12.6. The Morgan fingerprint density at radius 2 is 2.11 bits per heavy atom. The van der Waals surface area contributed by atoms with Gasteiger partial charge in [-0.05, 0) is 11.7 Å². The molecule has 2 rings (SSSR count). The van der Waals surface area contributed by atoms with Crippen molar-refractivity contribution in [2.45, 2.75) is 27.7 Å². The lowest BCUT2D eigenvalue weighted by Gasteiger charge is -2.35. The molecule has 0 radical (unpaired) electrons. The molecule has 0 aromatic rings. The molecule has 19 heavy (non-hydrogen) atoms. The van der Waals surface area contributed by atoms with Crippen molar-refractivity contribution in [2.24, 2.45) is 17.3 Å². The number of rotatable bonds is 1. The van der Waals surface area contributed by atoms with Crippen molar-refractivity contribution in [3.05, 3.63) is 0 Å². The van der Waals surface area contributed by atoms with Crippen LogP contribution in [0.2, 0.25) is 0 Å². The summed E-state index contributed by atoms with van der Waals surface area (Å²) >= 11 is 1.90. The van der Waals surface area contributed by atoms with Gasteiger partial charge < -0.3 is 9.80 Å². The van der Waals surface area contributed by atoms with E-state index in [2.05, 4.69) is 0 Å². The number of hydrogen-bond acceptors (Lipinski definition) is 3. The van der Waals surface area contributed by atoms with Crippen molar-refractivity contribution >= 4 is 23.6 Å². The van der Waals surface area contributed by atoms with Crippen LogP contribution in [-0.4, -0.2) is 52.9 Å². The predicted molar refractivity (Wildman–Crippen MR) is 77.7 cm³/mol. The van der Waals surface area contributed by atoms with Gasteiger partial charge in [-0.15, -0.1) is 0 Å². The molecule has 2 saturated heterocycles. The highest BCUT2D eigenvalue weighted by atomic mass is 32.2. The topological polar surface area (TPSA) is 40.6 Å². The molecular formula is C14H24N2O2S. The van der Waals surface area contributed by atoms with Gasteiger partial charge in [0.2, 0.25) is 11.8 Å². The van der Waals surface area contributed by atoms with Crippen LogP contribution < -0.4 is 0 Å². The first kappa shape index (κ1) is 14.7. The monoisotopic (exact) mass is 284 g/mol. The quantitative estimate of drug-likeness (QED) is 0.735. The molecule has 2 amide bonds. The second kappa shape index (κ2) is 5.35. The maximum Gasteiger partial charge on any atom is 0.230 e. The van der Waals surface area contributed by atoms with E-state index >= 15 is 0 Å². The highest BCUT2D eigenvalue weighted by molar-refractivity contribution is 7.99. The largest absolute Gasteiger partial charge is 0.324 e. The zero-order valence-corrected chi connectivity index (χ0v) is 13.1. The van der Waals surface area contributed by atoms with E-state index in [1.54, 1.807) is 0 Å². The zero-order chi connectivity index (χ0) is 14.2. The summed E-state index contributed by atoms with van der Waals surface area (Å²) in [6.45, 7) is 9.84. The van der Waals surface area contributed by atoms with Gasteiger partial charge in [0, 0.05) is 30.2 Å². The molecule has 2 fully saturated rings. The highest BCUT2D eigenvalue weighted by Crippen LogP contribution is 2.37. The Bertz CT molecular complexity index is 382. The molecule has 1 atom stereocenters. The van der Waals surface area contributed by atoms with Gasteiger partial charge in [0.05, 0.1) is 6.67 Å². The van der Waals surface area contributed by atoms with Gasteiger partial charge in [-0.3, -0.25) is 9.59 Å². The summed E-state index contributed by atoms with van der Waals surface area (Å²) in [4.78, 5) is 28.7. The number of carbonyl (C=O) groups is 2. The van der Waals surface area contributed by atoms with Crippen molar-refractivity contribution in [2.75, 3.05) is 31.3 Å². The van der Waals surface area contributed by atoms with Gasteiger partial charge in [-0.1, -0.05) is 27.7 Å². The van der Waals surface area contributed by atoms with E-state index in [4.69, 9.17) is 0 Å². The van der Waals surface area contributed by atoms with Gasteiger partial charge >= 0.3 is 0 Å². The molecule has 0 spiro atoms. The van der Waals surface area contributed by atoms with E-state index in [-0.39, 0.29) is 29.1 Å².